The van der Waals surface area contributed by atoms with E-state index in [1.807, 2.05) is 36.4 Å². The highest BCUT2D eigenvalue weighted by molar-refractivity contribution is 6.30. The predicted molar refractivity (Wildman–Crippen MR) is 87.0 cm³/mol. The van der Waals surface area contributed by atoms with Crippen molar-refractivity contribution < 1.29 is 4.74 Å². The standard InChI is InChI=1S/C17H17ClN2O/c18-15-3-1-13(2-4-15)12-20-9-7-14-11-16(21-10-8-19)5-6-17(14)20/h1-7,9,11H,8,10,12,19H2. The summed E-state index contributed by atoms with van der Waals surface area (Å²) in [7, 11) is 0. The van der Waals surface area contributed by atoms with Crippen LogP contribution in [0.1, 0.15) is 5.56 Å². The first-order valence-electron chi connectivity index (χ1n) is 6.92. The van der Waals surface area contributed by atoms with Gasteiger partial charge in [0.25, 0.3) is 0 Å². The van der Waals surface area contributed by atoms with E-state index in [2.05, 4.69) is 22.9 Å². The Labute approximate surface area is 128 Å². The Morgan fingerprint density at radius 1 is 1.05 bits per heavy atom. The summed E-state index contributed by atoms with van der Waals surface area (Å²) in [4.78, 5) is 0. The van der Waals surface area contributed by atoms with Crippen LogP contribution >= 0.6 is 11.6 Å². The normalized spacial score (nSPS) is 11.0. The van der Waals surface area contributed by atoms with Gasteiger partial charge < -0.3 is 15.0 Å². The fraction of sp³-hybridized carbons (Fsp3) is 0.176. The molecule has 0 saturated carbocycles. The monoisotopic (exact) mass is 300 g/mol. The number of nitrogens with zero attached hydrogens (tertiary/aromatic N) is 1. The minimum absolute atomic E-state index is 0.523. The average molecular weight is 301 g/mol. The minimum atomic E-state index is 0.523. The Bertz CT molecular complexity index is 734. The summed E-state index contributed by atoms with van der Waals surface area (Å²) < 4.78 is 7.77. The van der Waals surface area contributed by atoms with E-state index in [4.69, 9.17) is 22.1 Å². The van der Waals surface area contributed by atoms with Gasteiger partial charge in [0, 0.05) is 35.2 Å². The first kappa shape index (κ1) is 14.0. The lowest BCUT2D eigenvalue weighted by molar-refractivity contribution is 0.329. The van der Waals surface area contributed by atoms with Crippen LogP contribution in [-0.2, 0) is 6.54 Å². The smallest absolute Gasteiger partial charge is 0.120 e. The number of aromatic nitrogens is 1. The second-order valence-corrected chi connectivity index (χ2v) is 5.36. The summed E-state index contributed by atoms with van der Waals surface area (Å²) >= 11 is 5.92. The first-order chi connectivity index (χ1) is 10.3. The number of fused-ring (bicyclic) bond motifs is 1. The van der Waals surface area contributed by atoms with Crippen molar-refractivity contribution in [1.29, 1.82) is 0 Å². The molecule has 0 bridgehead atoms. The van der Waals surface area contributed by atoms with Gasteiger partial charge in [-0.25, -0.2) is 0 Å². The quantitative estimate of drug-likeness (QED) is 0.781. The van der Waals surface area contributed by atoms with Crippen molar-refractivity contribution in [1.82, 2.24) is 4.57 Å². The Hall–Kier alpha value is -1.97. The van der Waals surface area contributed by atoms with Gasteiger partial charge in [-0.1, -0.05) is 23.7 Å². The van der Waals surface area contributed by atoms with Gasteiger partial charge in [0.15, 0.2) is 0 Å². The third kappa shape index (κ3) is 3.20. The molecule has 0 atom stereocenters. The molecule has 0 aliphatic rings. The highest BCUT2D eigenvalue weighted by Gasteiger charge is 2.04. The van der Waals surface area contributed by atoms with E-state index in [0.717, 1.165) is 17.3 Å². The van der Waals surface area contributed by atoms with Crippen molar-refractivity contribution in [2.75, 3.05) is 13.2 Å². The van der Waals surface area contributed by atoms with Crippen LogP contribution in [0, 0.1) is 0 Å². The maximum absolute atomic E-state index is 5.92. The summed E-state index contributed by atoms with van der Waals surface area (Å²) in [6, 6.07) is 16.1. The van der Waals surface area contributed by atoms with E-state index in [1.54, 1.807) is 0 Å². The highest BCUT2D eigenvalue weighted by atomic mass is 35.5. The van der Waals surface area contributed by atoms with Crippen molar-refractivity contribution in [2.24, 2.45) is 5.73 Å². The first-order valence-corrected chi connectivity index (χ1v) is 7.30. The molecule has 2 N–H and O–H groups in total. The Kier molecular flexibility index (Phi) is 4.13. The van der Waals surface area contributed by atoms with Crippen LogP contribution in [0.2, 0.25) is 5.02 Å². The van der Waals surface area contributed by atoms with E-state index in [0.29, 0.717) is 13.2 Å². The van der Waals surface area contributed by atoms with E-state index < -0.39 is 0 Å². The maximum Gasteiger partial charge on any atom is 0.120 e. The summed E-state index contributed by atoms with van der Waals surface area (Å²) in [5.74, 6) is 0.859. The van der Waals surface area contributed by atoms with Crippen molar-refractivity contribution in [3.05, 3.63) is 65.3 Å². The lowest BCUT2D eigenvalue weighted by Crippen LogP contribution is -2.10. The van der Waals surface area contributed by atoms with Gasteiger partial charge in [-0.05, 0) is 42.0 Å². The number of halogens is 1. The van der Waals surface area contributed by atoms with Crippen molar-refractivity contribution in [3.8, 4) is 5.75 Å². The molecule has 4 heteroatoms. The van der Waals surface area contributed by atoms with Gasteiger partial charge in [0.05, 0.1) is 0 Å². The van der Waals surface area contributed by atoms with E-state index in [9.17, 15) is 0 Å². The third-order valence-corrected chi connectivity index (χ3v) is 3.65. The van der Waals surface area contributed by atoms with Gasteiger partial charge in [-0.2, -0.15) is 0 Å². The molecule has 108 valence electrons. The fourth-order valence-electron chi connectivity index (χ4n) is 2.37. The third-order valence-electron chi connectivity index (χ3n) is 3.40. The van der Waals surface area contributed by atoms with Crippen LogP contribution in [0.15, 0.2) is 54.7 Å². The molecule has 0 spiro atoms. The Morgan fingerprint density at radius 3 is 2.62 bits per heavy atom. The van der Waals surface area contributed by atoms with E-state index in [-0.39, 0.29) is 0 Å². The summed E-state index contributed by atoms with van der Waals surface area (Å²) in [6.45, 7) is 1.89. The molecule has 0 aliphatic carbocycles. The molecule has 0 radical (unpaired) electrons. The average Bonchev–Trinajstić information content (AvgIpc) is 2.90. The predicted octanol–water partition coefficient (Wildman–Crippen LogP) is 3.68. The molecule has 21 heavy (non-hydrogen) atoms. The molecule has 3 nitrogen and oxygen atoms in total. The van der Waals surface area contributed by atoms with Crippen molar-refractivity contribution in [3.63, 3.8) is 0 Å². The largest absolute Gasteiger partial charge is 0.492 e. The van der Waals surface area contributed by atoms with Gasteiger partial charge in [-0.15, -0.1) is 0 Å². The van der Waals surface area contributed by atoms with Gasteiger partial charge >= 0.3 is 0 Å². The van der Waals surface area contributed by atoms with Crippen molar-refractivity contribution in [2.45, 2.75) is 6.54 Å². The molecule has 1 aromatic heterocycles. The summed E-state index contributed by atoms with van der Waals surface area (Å²) in [5.41, 5.74) is 7.86. The minimum Gasteiger partial charge on any atom is -0.492 e. The zero-order valence-electron chi connectivity index (χ0n) is 11.6. The van der Waals surface area contributed by atoms with Gasteiger partial charge in [0.1, 0.15) is 12.4 Å². The number of nitrogens with two attached hydrogens (primary N) is 1. The summed E-state index contributed by atoms with van der Waals surface area (Å²) in [6.07, 6.45) is 2.09. The topological polar surface area (TPSA) is 40.2 Å². The van der Waals surface area contributed by atoms with Crippen LogP contribution < -0.4 is 10.5 Å². The number of rotatable bonds is 5. The second-order valence-electron chi connectivity index (χ2n) is 4.93. The van der Waals surface area contributed by atoms with Crippen LogP contribution in [-0.4, -0.2) is 17.7 Å². The zero-order valence-corrected chi connectivity index (χ0v) is 12.4. The number of ether oxygens (including phenoxy) is 1. The lowest BCUT2D eigenvalue weighted by Gasteiger charge is -2.08. The van der Waals surface area contributed by atoms with Crippen LogP contribution in [0.4, 0.5) is 0 Å². The second kappa shape index (κ2) is 6.20. The molecular weight excluding hydrogens is 284 g/mol. The summed E-state index contributed by atoms with van der Waals surface area (Å²) in [5, 5.41) is 1.93. The molecule has 2 aromatic carbocycles. The molecule has 0 saturated heterocycles. The van der Waals surface area contributed by atoms with Crippen LogP contribution in [0.5, 0.6) is 5.75 Å². The lowest BCUT2D eigenvalue weighted by atomic mass is 10.2. The van der Waals surface area contributed by atoms with Crippen molar-refractivity contribution >= 4 is 22.5 Å². The Balaban J connectivity index is 1.84. The fourth-order valence-corrected chi connectivity index (χ4v) is 2.50. The number of benzene rings is 2. The molecule has 1 heterocycles. The molecule has 0 amide bonds. The molecule has 3 aromatic rings. The SMILES string of the molecule is NCCOc1ccc2c(ccn2Cc2ccc(Cl)cc2)c1. The Morgan fingerprint density at radius 2 is 1.86 bits per heavy atom. The van der Waals surface area contributed by atoms with Gasteiger partial charge in [-0.3, -0.25) is 0 Å². The molecule has 0 unspecified atom stereocenters. The van der Waals surface area contributed by atoms with Crippen LogP contribution in [0.25, 0.3) is 10.9 Å². The molecular formula is C17H17ClN2O. The zero-order chi connectivity index (χ0) is 14.7. The van der Waals surface area contributed by atoms with E-state index in [1.165, 1.54) is 16.5 Å². The molecule has 0 fully saturated rings. The van der Waals surface area contributed by atoms with E-state index >= 15 is 0 Å². The number of hydrogen-bond donors (Lipinski definition) is 1. The van der Waals surface area contributed by atoms with Gasteiger partial charge in [0.2, 0.25) is 0 Å². The maximum atomic E-state index is 5.92. The molecule has 3 rings (SSSR count). The number of hydrogen-bond acceptors (Lipinski definition) is 2. The highest BCUT2D eigenvalue weighted by Crippen LogP contribution is 2.23. The molecule has 0 aliphatic heterocycles. The van der Waals surface area contributed by atoms with Crippen LogP contribution in [0.3, 0.4) is 0 Å².